The maximum Gasteiger partial charge on any atom is 0.266 e. The van der Waals surface area contributed by atoms with E-state index in [0.717, 1.165) is 16.0 Å². The summed E-state index contributed by atoms with van der Waals surface area (Å²) in [6.45, 7) is 1.73. The topological polar surface area (TPSA) is 88.0 Å². The number of hydrogen-bond acceptors (Lipinski definition) is 6. The molecule has 0 N–H and O–H groups in total. The highest BCUT2D eigenvalue weighted by Gasteiger charge is 2.14. The summed E-state index contributed by atoms with van der Waals surface area (Å²) >= 11 is -1.00. The smallest absolute Gasteiger partial charge is 0.266 e. The van der Waals surface area contributed by atoms with Gasteiger partial charge in [0.2, 0.25) is 5.89 Å². The highest BCUT2D eigenvalue weighted by molar-refractivity contribution is 7.90. The molecule has 0 spiro atoms. The molecule has 3 aromatic heterocycles. The lowest BCUT2D eigenvalue weighted by atomic mass is 10.1. The SMILES string of the molecule is Cc1nnc(-c2ccc3occ(-c4ccc([S+](C)[O-])cc4)c3n2)o1. The van der Waals surface area contributed by atoms with Crippen LogP contribution >= 0.6 is 0 Å². The Balaban J connectivity index is 1.81. The van der Waals surface area contributed by atoms with Crippen LogP contribution in [0.4, 0.5) is 0 Å². The standard InChI is InChI=1S/C17H13N3O3S/c1-10-19-20-17(23-10)14-7-8-15-16(18-14)13(9-22-15)11-3-5-12(6-4-11)24(2)21/h3-9H,1-2H3. The van der Waals surface area contributed by atoms with Crippen molar-refractivity contribution in [2.75, 3.05) is 6.26 Å². The van der Waals surface area contributed by atoms with Crippen LogP contribution in [0.1, 0.15) is 5.89 Å². The van der Waals surface area contributed by atoms with Crippen LogP contribution < -0.4 is 0 Å². The normalized spacial score (nSPS) is 12.6. The number of hydrogen-bond donors (Lipinski definition) is 0. The van der Waals surface area contributed by atoms with Crippen molar-refractivity contribution in [3.05, 3.63) is 48.6 Å². The molecule has 0 saturated carbocycles. The highest BCUT2D eigenvalue weighted by atomic mass is 32.2. The van der Waals surface area contributed by atoms with E-state index in [4.69, 9.17) is 8.83 Å². The summed E-state index contributed by atoms with van der Waals surface area (Å²) in [4.78, 5) is 5.38. The Morgan fingerprint density at radius 2 is 1.83 bits per heavy atom. The van der Waals surface area contributed by atoms with Gasteiger partial charge in [-0.1, -0.05) is 0 Å². The van der Waals surface area contributed by atoms with Crippen LogP contribution in [0.25, 0.3) is 33.8 Å². The first-order chi connectivity index (χ1) is 11.6. The maximum atomic E-state index is 11.5. The third-order valence-corrected chi connectivity index (χ3v) is 4.60. The third kappa shape index (κ3) is 2.57. The van der Waals surface area contributed by atoms with E-state index >= 15 is 0 Å². The molecule has 3 heterocycles. The molecule has 0 fully saturated rings. The number of rotatable bonds is 3. The van der Waals surface area contributed by atoms with Gasteiger partial charge in [0.15, 0.2) is 10.5 Å². The number of benzene rings is 1. The van der Waals surface area contributed by atoms with Crippen LogP contribution in [0.2, 0.25) is 0 Å². The lowest BCUT2D eigenvalue weighted by Gasteiger charge is -2.04. The fourth-order valence-corrected chi connectivity index (χ4v) is 2.98. The monoisotopic (exact) mass is 339 g/mol. The van der Waals surface area contributed by atoms with E-state index in [9.17, 15) is 4.55 Å². The fraction of sp³-hybridized carbons (Fsp3) is 0.118. The van der Waals surface area contributed by atoms with Crippen molar-refractivity contribution < 1.29 is 13.4 Å². The first-order valence-electron chi connectivity index (χ1n) is 7.24. The van der Waals surface area contributed by atoms with Gasteiger partial charge in [-0.15, -0.1) is 10.2 Å². The number of aromatic nitrogens is 3. The number of aryl methyl sites for hydroxylation is 1. The van der Waals surface area contributed by atoms with Gasteiger partial charge in [-0.2, -0.15) is 0 Å². The van der Waals surface area contributed by atoms with E-state index in [1.165, 1.54) is 0 Å². The molecule has 0 amide bonds. The second-order valence-corrected chi connectivity index (χ2v) is 6.68. The lowest BCUT2D eigenvalue weighted by molar-refractivity contribution is 0.531. The van der Waals surface area contributed by atoms with Crippen molar-refractivity contribution in [1.29, 1.82) is 0 Å². The zero-order valence-corrected chi connectivity index (χ0v) is 13.8. The van der Waals surface area contributed by atoms with Gasteiger partial charge >= 0.3 is 0 Å². The molecule has 4 rings (SSSR count). The highest BCUT2D eigenvalue weighted by Crippen LogP contribution is 2.31. The predicted molar refractivity (Wildman–Crippen MR) is 89.8 cm³/mol. The molecule has 1 atom stereocenters. The molecule has 0 aliphatic heterocycles. The fourth-order valence-electron chi connectivity index (χ4n) is 2.46. The van der Waals surface area contributed by atoms with Crippen LogP contribution in [-0.4, -0.2) is 26.0 Å². The van der Waals surface area contributed by atoms with Gasteiger partial charge in [0.1, 0.15) is 23.7 Å². The van der Waals surface area contributed by atoms with Gasteiger partial charge in [0.25, 0.3) is 5.89 Å². The zero-order valence-electron chi connectivity index (χ0n) is 13.0. The molecule has 1 unspecified atom stereocenters. The van der Waals surface area contributed by atoms with Gasteiger partial charge < -0.3 is 13.4 Å². The molecule has 6 nitrogen and oxygen atoms in total. The largest absolute Gasteiger partial charge is 0.612 e. The summed E-state index contributed by atoms with van der Waals surface area (Å²) < 4.78 is 22.5. The third-order valence-electron chi connectivity index (χ3n) is 3.66. The minimum absolute atomic E-state index is 0.373. The Kier molecular flexibility index (Phi) is 3.59. The van der Waals surface area contributed by atoms with Crippen molar-refractivity contribution in [2.24, 2.45) is 0 Å². The van der Waals surface area contributed by atoms with Crippen molar-refractivity contribution >= 4 is 22.3 Å². The van der Waals surface area contributed by atoms with Crippen molar-refractivity contribution in [2.45, 2.75) is 11.8 Å². The van der Waals surface area contributed by atoms with E-state index in [-0.39, 0.29) is 0 Å². The molecule has 4 aromatic rings. The Labute approximate surface area is 140 Å². The van der Waals surface area contributed by atoms with Gasteiger partial charge in [-0.25, -0.2) is 4.98 Å². The molecule has 1 aromatic carbocycles. The molecule has 24 heavy (non-hydrogen) atoms. The van der Waals surface area contributed by atoms with E-state index in [2.05, 4.69) is 15.2 Å². The Bertz CT molecular complexity index is 1010. The van der Waals surface area contributed by atoms with Crippen LogP contribution in [-0.2, 0) is 11.2 Å². The molecular formula is C17H13N3O3S. The second-order valence-electron chi connectivity index (χ2n) is 5.30. The van der Waals surface area contributed by atoms with E-state index in [0.29, 0.717) is 28.6 Å². The van der Waals surface area contributed by atoms with E-state index in [1.807, 2.05) is 30.3 Å². The van der Waals surface area contributed by atoms with E-state index in [1.54, 1.807) is 25.5 Å². The first-order valence-corrected chi connectivity index (χ1v) is 8.80. The predicted octanol–water partition coefficient (Wildman–Crippen LogP) is 3.59. The van der Waals surface area contributed by atoms with Crippen LogP contribution in [0, 0.1) is 6.92 Å². The molecule has 0 saturated heterocycles. The van der Waals surface area contributed by atoms with E-state index < -0.39 is 11.2 Å². The molecule has 0 radical (unpaired) electrons. The van der Waals surface area contributed by atoms with Gasteiger partial charge in [0.05, 0.1) is 0 Å². The number of pyridine rings is 1. The van der Waals surface area contributed by atoms with Gasteiger partial charge in [-0.3, -0.25) is 0 Å². The quantitative estimate of drug-likeness (QED) is 0.530. The summed E-state index contributed by atoms with van der Waals surface area (Å²) in [6, 6.07) is 11.1. The minimum Gasteiger partial charge on any atom is -0.612 e. The summed E-state index contributed by atoms with van der Waals surface area (Å²) in [7, 11) is 0. The van der Waals surface area contributed by atoms with Crippen LogP contribution in [0.15, 0.2) is 56.4 Å². The summed E-state index contributed by atoms with van der Waals surface area (Å²) in [5.74, 6) is 0.862. The van der Waals surface area contributed by atoms with Crippen LogP contribution in [0.3, 0.4) is 0 Å². The first kappa shape index (κ1) is 14.9. The second kappa shape index (κ2) is 5.77. The zero-order chi connectivity index (χ0) is 16.7. The number of furan rings is 1. The van der Waals surface area contributed by atoms with Crippen molar-refractivity contribution in [1.82, 2.24) is 15.2 Å². The average molecular weight is 339 g/mol. The lowest BCUT2D eigenvalue weighted by Crippen LogP contribution is -1.96. The number of nitrogens with zero attached hydrogens (tertiary/aromatic N) is 3. The molecule has 120 valence electrons. The Hall–Kier alpha value is -2.64. The van der Waals surface area contributed by atoms with Gasteiger partial charge in [-0.05, 0) is 53.1 Å². The Morgan fingerprint density at radius 1 is 1.04 bits per heavy atom. The number of fused-ring (bicyclic) bond motifs is 1. The maximum absolute atomic E-state index is 11.5. The average Bonchev–Trinajstić information content (AvgIpc) is 3.20. The summed E-state index contributed by atoms with van der Waals surface area (Å²) in [6.07, 6.45) is 3.32. The van der Waals surface area contributed by atoms with Crippen LogP contribution in [0.5, 0.6) is 0 Å². The van der Waals surface area contributed by atoms with Crippen molar-refractivity contribution in [3.63, 3.8) is 0 Å². The summed E-state index contributed by atoms with van der Waals surface area (Å²) in [5, 5.41) is 7.83. The molecular weight excluding hydrogens is 326 g/mol. The van der Waals surface area contributed by atoms with Crippen molar-refractivity contribution in [3.8, 4) is 22.7 Å². The molecule has 7 heteroatoms. The summed E-state index contributed by atoms with van der Waals surface area (Å²) in [5.41, 5.74) is 3.78. The minimum atomic E-state index is -1.00. The Morgan fingerprint density at radius 3 is 2.50 bits per heavy atom. The molecule has 0 bridgehead atoms. The van der Waals surface area contributed by atoms with Gasteiger partial charge in [0, 0.05) is 12.5 Å². The molecule has 0 aliphatic rings. The molecule has 0 aliphatic carbocycles.